The van der Waals surface area contributed by atoms with Gasteiger partial charge in [-0.25, -0.2) is 0 Å². The minimum absolute atomic E-state index is 0.155. The van der Waals surface area contributed by atoms with Crippen molar-refractivity contribution in [3.05, 3.63) is 0 Å². The van der Waals surface area contributed by atoms with Gasteiger partial charge in [0.25, 0.3) is 0 Å². The Morgan fingerprint density at radius 2 is 1.65 bits per heavy atom. The van der Waals surface area contributed by atoms with Crippen LogP contribution in [0.15, 0.2) is 0 Å². The average molecular weight is 281 g/mol. The van der Waals surface area contributed by atoms with Crippen molar-refractivity contribution in [1.29, 1.82) is 0 Å². The lowest BCUT2D eigenvalue weighted by Gasteiger charge is -2.39. The largest absolute Gasteiger partial charge is 0.389 e. The molecule has 0 aromatic heterocycles. The molecular weight excluding hydrogens is 250 g/mol. The van der Waals surface area contributed by atoms with Crippen molar-refractivity contribution in [2.45, 2.75) is 70.6 Å². The highest BCUT2D eigenvalue weighted by atomic mass is 16.5. The van der Waals surface area contributed by atoms with Crippen molar-refractivity contribution in [3.63, 3.8) is 0 Å². The van der Waals surface area contributed by atoms with Gasteiger partial charge in [-0.1, -0.05) is 0 Å². The predicted octanol–water partition coefficient (Wildman–Crippen LogP) is 2.67. The Kier molecular flexibility index (Phi) is 4.13. The summed E-state index contributed by atoms with van der Waals surface area (Å²) in [6.07, 6.45) is 6.77. The van der Waals surface area contributed by atoms with Crippen LogP contribution in [0.25, 0.3) is 0 Å². The van der Waals surface area contributed by atoms with E-state index in [0.29, 0.717) is 6.61 Å². The highest BCUT2D eigenvalue weighted by molar-refractivity contribution is 4.96. The summed E-state index contributed by atoms with van der Waals surface area (Å²) in [5, 5.41) is 10.3. The van der Waals surface area contributed by atoms with Gasteiger partial charge in [-0.3, -0.25) is 4.90 Å². The van der Waals surface area contributed by atoms with Crippen LogP contribution < -0.4 is 0 Å². The average Bonchev–Trinajstić information content (AvgIpc) is 2.50. The van der Waals surface area contributed by atoms with E-state index in [0.717, 1.165) is 30.3 Å². The lowest BCUT2D eigenvalue weighted by atomic mass is 9.68. The Bertz CT molecular complexity index is 324. The second kappa shape index (κ2) is 5.58. The third-order valence-electron chi connectivity index (χ3n) is 5.37. The van der Waals surface area contributed by atoms with Gasteiger partial charge in [0.15, 0.2) is 0 Å². The van der Waals surface area contributed by atoms with Crippen LogP contribution in [0.3, 0.4) is 0 Å². The zero-order chi connectivity index (χ0) is 14.3. The summed E-state index contributed by atoms with van der Waals surface area (Å²) >= 11 is 0. The molecular formula is C17H31NO2. The number of rotatable bonds is 4. The van der Waals surface area contributed by atoms with Crippen LogP contribution in [0.1, 0.15) is 52.9 Å². The molecule has 0 radical (unpaired) electrons. The summed E-state index contributed by atoms with van der Waals surface area (Å²) in [5.41, 5.74) is -0.155. The van der Waals surface area contributed by atoms with Crippen LogP contribution in [0.5, 0.6) is 0 Å². The standard InChI is InChI=1S/C17H31NO2/c1-17(2,3)20-11-16(19)10-18-9-14-5-12-4-13(6-14)8-15(18)7-12/h12-16,19H,4-11H2,1-3H3/t12-,13+,14?,15?,16-/m1/s1. The van der Waals surface area contributed by atoms with Crippen molar-refractivity contribution in [3.8, 4) is 0 Å². The first-order valence-electron chi connectivity index (χ1n) is 8.45. The van der Waals surface area contributed by atoms with Gasteiger partial charge >= 0.3 is 0 Å². The fourth-order valence-electron chi connectivity index (χ4n) is 4.77. The lowest BCUT2D eigenvalue weighted by Crippen LogP contribution is -2.44. The van der Waals surface area contributed by atoms with Crippen molar-refractivity contribution in [2.75, 3.05) is 19.7 Å². The van der Waals surface area contributed by atoms with E-state index in [1.165, 1.54) is 38.6 Å². The molecule has 20 heavy (non-hydrogen) atoms. The van der Waals surface area contributed by atoms with E-state index < -0.39 is 0 Å². The summed E-state index contributed by atoms with van der Waals surface area (Å²) < 4.78 is 5.73. The molecule has 3 nitrogen and oxygen atoms in total. The smallest absolute Gasteiger partial charge is 0.0900 e. The first kappa shape index (κ1) is 14.8. The van der Waals surface area contributed by atoms with Crippen molar-refractivity contribution in [2.24, 2.45) is 17.8 Å². The molecule has 0 amide bonds. The van der Waals surface area contributed by atoms with Crippen LogP contribution in [0.4, 0.5) is 0 Å². The highest BCUT2D eigenvalue weighted by Crippen LogP contribution is 2.47. The molecule has 4 fully saturated rings. The second-order valence-electron chi connectivity index (χ2n) is 8.46. The molecule has 5 atom stereocenters. The molecule has 116 valence electrons. The maximum atomic E-state index is 10.3. The van der Waals surface area contributed by atoms with Crippen LogP contribution in [0, 0.1) is 17.8 Å². The van der Waals surface area contributed by atoms with Crippen LogP contribution in [-0.4, -0.2) is 47.4 Å². The fraction of sp³-hybridized carbons (Fsp3) is 1.00. The molecule has 4 rings (SSSR count). The summed E-state index contributed by atoms with van der Waals surface area (Å²) in [6, 6.07) is 0.732. The number of hydrogen-bond donors (Lipinski definition) is 1. The number of ether oxygens (including phenoxy) is 1. The Morgan fingerprint density at radius 3 is 2.25 bits per heavy atom. The van der Waals surface area contributed by atoms with E-state index in [1.54, 1.807) is 0 Å². The number of hydrogen-bond acceptors (Lipinski definition) is 3. The summed E-state index contributed by atoms with van der Waals surface area (Å²) in [7, 11) is 0. The lowest BCUT2D eigenvalue weighted by molar-refractivity contribution is -0.0597. The zero-order valence-corrected chi connectivity index (χ0v) is 13.3. The van der Waals surface area contributed by atoms with E-state index >= 15 is 0 Å². The number of fused-ring (bicyclic) bond motifs is 1. The minimum atomic E-state index is -0.343. The molecule has 0 aromatic carbocycles. The van der Waals surface area contributed by atoms with Gasteiger partial charge in [0, 0.05) is 19.1 Å². The van der Waals surface area contributed by atoms with E-state index in [2.05, 4.69) is 4.90 Å². The van der Waals surface area contributed by atoms with E-state index in [4.69, 9.17) is 4.74 Å². The predicted molar refractivity (Wildman–Crippen MR) is 80.6 cm³/mol. The van der Waals surface area contributed by atoms with Crippen molar-refractivity contribution in [1.82, 2.24) is 4.90 Å². The molecule has 0 aromatic rings. The SMILES string of the molecule is CC(C)(C)OC[C@H](O)CN1CC2C[C@@H]3CC1C[C@H](C2)C3. The normalized spacial score (nSPS) is 39.0. The second-order valence-corrected chi connectivity index (χ2v) is 8.46. The molecule has 4 bridgehead atoms. The molecule has 2 aliphatic heterocycles. The summed E-state index contributed by atoms with van der Waals surface area (Å²) in [6.45, 7) is 8.62. The van der Waals surface area contributed by atoms with Gasteiger partial charge in [-0.05, 0) is 70.6 Å². The fourth-order valence-corrected chi connectivity index (χ4v) is 4.77. The first-order valence-corrected chi connectivity index (χ1v) is 8.45. The van der Waals surface area contributed by atoms with Gasteiger partial charge < -0.3 is 9.84 Å². The van der Waals surface area contributed by atoms with E-state index in [1.807, 2.05) is 20.8 Å². The topological polar surface area (TPSA) is 32.7 Å². The number of aliphatic hydroxyl groups excluding tert-OH is 1. The maximum Gasteiger partial charge on any atom is 0.0900 e. The molecule has 2 aliphatic carbocycles. The van der Waals surface area contributed by atoms with E-state index in [-0.39, 0.29) is 11.7 Å². The summed E-state index contributed by atoms with van der Waals surface area (Å²) in [4.78, 5) is 2.58. The number of aliphatic hydroxyl groups is 1. The molecule has 0 spiro atoms. The first-order chi connectivity index (χ1) is 9.39. The van der Waals surface area contributed by atoms with Gasteiger partial charge in [-0.2, -0.15) is 0 Å². The molecule has 2 saturated heterocycles. The highest BCUT2D eigenvalue weighted by Gasteiger charge is 2.42. The third kappa shape index (κ3) is 3.55. The molecule has 2 unspecified atom stereocenters. The Balaban J connectivity index is 1.55. The van der Waals surface area contributed by atoms with E-state index in [9.17, 15) is 5.11 Å². The van der Waals surface area contributed by atoms with Crippen molar-refractivity contribution >= 4 is 0 Å². The van der Waals surface area contributed by atoms with Crippen molar-refractivity contribution < 1.29 is 9.84 Å². The maximum absolute atomic E-state index is 10.3. The minimum Gasteiger partial charge on any atom is -0.389 e. The Morgan fingerprint density at radius 1 is 1.05 bits per heavy atom. The Labute approximate surface area is 123 Å². The van der Waals surface area contributed by atoms with Crippen LogP contribution in [-0.2, 0) is 4.74 Å². The van der Waals surface area contributed by atoms with Gasteiger partial charge in [0.05, 0.1) is 18.3 Å². The molecule has 2 heterocycles. The quantitative estimate of drug-likeness (QED) is 0.860. The van der Waals surface area contributed by atoms with Gasteiger partial charge in [0.2, 0.25) is 0 Å². The van der Waals surface area contributed by atoms with Gasteiger partial charge in [-0.15, -0.1) is 0 Å². The molecule has 2 saturated carbocycles. The molecule has 3 heteroatoms. The zero-order valence-electron chi connectivity index (χ0n) is 13.3. The van der Waals surface area contributed by atoms with Crippen LogP contribution in [0.2, 0.25) is 0 Å². The van der Waals surface area contributed by atoms with Gasteiger partial charge in [0.1, 0.15) is 0 Å². The third-order valence-corrected chi connectivity index (χ3v) is 5.37. The van der Waals surface area contributed by atoms with Crippen LogP contribution >= 0.6 is 0 Å². The molecule has 4 aliphatic rings. The monoisotopic (exact) mass is 281 g/mol. The summed E-state index contributed by atoms with van der Waals surface area (Å²) in [5.74, 6) is 2.85. The molecule has 1 N–H and O–H groups in total. The number of nitrogens with zero attached hydrogens (tertiary/aromatic N) is 1. The Hall–Kier alpha value is -0.120.